The Bertz CT molecular complexity index is 1270. The number of ketones is 1. The molecule has 1 N–H and O–H groups in total. The molecule has 7 nitrogen and oxygen atoms in total. The van der Waals surface area contributed by atoms with Gasteiger partial charge in [-0.1, -0.05) is 13.0 Å². The van der Waals surface area contributed by atoms with Crippen molar-refractivity contribution in [3.8, 4) is 11.5 Å². The maximum absolute atomic E-state index is 13.5. The van der Waals surface area contributed by atoms with Gasteiger partial charge in [0.25, 0.3) is 11.7 Å². The second-order valence-electron chi connectivity index (χ2n) is 8.28. The number of Topliss-reactive ketones (excluding diaryl/α,β-unsaturated/α-hetero) is 1. The molecular formula is C28H27FN2O5. The highest BCUT2D eigenvalue weighted by molar-refractivity contribution is 6.46. The molecule has 0 aliphatic carbocycles. The Balaban J connectivity index is 1.86. The van der Waals surface area contributed by atoms with Crippen LogP contribution in [0.3, 0.4) is 0 Å². The predicted molar refractivity (Wildman–Crippen MR) is 132 cm³/mol. The first-order chi connectivity index (χ1) is 17.4. The quantitative estimate of drug-likeness (QED) is 0.257. The molecule has 0 saturated carbocycles. The van der Waals surface area contributed by atoms with E-state index < -0.39 is 23.5 Å². The van der Waals surface area contributed by atoms with Crippen LogP contribution in [0.15, 0.2) is 72.6 Å². The van der Waals surface area contributed by atoms with E-state index >= 15 is 0 Å². The van der Waals surface area contributed by atoms with Crippen LogP contribution >= 0.6 is 0 Å². The van der Waals surface area contributed by atoms with Crippen molar-refractivity contribution in [2.24, 2.45) is 0 Å². The normalized spacial score (nSPS) is 16.9. The molecule has 1 aromatic heterocycles. The van der Waals surface area contributed by atoms with E-state index in [1.54, 1.807) is 42.7 Å². The summed E-state index contributed by atoms with van der Waals surface area (Å²) >= 11 is 0. The van der Waals surface area contributed by atoms with E-state index in [1.807, 2.05) is 13.8 Å². The molecule has 1 saturated heterocycles. The van der Waals surface area contributed by atoms with Crippen molar-refractivity contribution in [1.29, 1.82) is 0 Å². The second-order valence-corrected chi connectivity index (χ2v) is 8.28. The fourth-order valence-electron chi connectivity index (χ4n) is 4.13. The van der Waals surface area contributed by atoms with E-state index in [0.29, 0.717) is 30.3 Å². The molecule has 8 heteroatoms. The van der Waals surface area contributed by atoms with E-state index in [4.69, 9.17) is 9.47 Å². The molecule has 1 fully saturated rings. The van der Waals surface area contributed by atoms with E-state index in [-0.39, 0.29) is 23.4 Å². The monoisotopic (exact) mass is 490 g/mol. The van der Waals surface area contributed by atoms with Crippen LogP contribution in [0.2, 0.25) is 0 Å². The Morgan fingerprint density at radius 1 is 1.00 bits per heavy atom. The van der Waals surface area contributed by atoms with Crippen LogP contribution in [0.25, 0.3) is 5.76 Å². The first kappa shape index (κ1) is 24.9. The molecule has 0 bridgehead atoms. The number of nitrogens with zero attached hydrogens (tertiary/aromatic N) is 2. The number of hydrogen-bond donors (Lipinski definition) is 1. The van der Waals surface area contributed by atoms with Gasteiger partial charge in [-0.25, -0.2) is 4.39 Å². The van der Waals surface area contributed by atoms with Crippen molar-refractivity contribution in [1.82, 2.24) is 9.88 Å². The first-order valence-electron chi connectivity index (χ1n) is 11.8. The smallest absolute Gasteiger partial charge is 0.295 e. The number of hydrogen-bond acceptors (Lipinski definition) is 6. The van der Waals surface area contributed by atoms with Crippen LogP contribution in [0.5, 0.6) is 11.5 Å². The number of likely N-dealkylation sites (tertiary alicyclic amines) is 1. The minimum absolute atomic E-state index is 0.0784. The Hall–Kier alpha value is -4.20. The lowest BCUT2D eigenvalue weighted by Crippen LogP contribution is -2.29. The maximum atomic E-state index is 13.5. The average Bonchev–Trinajstić information content (AvgIpc) is 3.13. The fourth-order valence-corrected chi connectivity index (χ4v) is 4.13. The third-order valence-corrected chi connectivity index (χ3v) is 5.80. The highest BCUT2D eigenvalue weighted by Crippen LogP contribution is 2.42. The van der Waals surface area contributed by atoms with E-state index in [2.05, 4.69) is 4.98 Å². The largest absolute Gasteiger partial charge is 0.507 e. The van der Waals surface area contributed by atoms with Crippen LogP contribution < -0.4 is 9.47 Å². The van der Waals surface area contributed by atoms with Crippen LogP contribution in [0.4, 0.5) is 4.39 Å². The number of carbonyl (C=O) groups is 2. The van der Waals surface area contributed by atoms with Gasteiger partial charge in [-0.2, -0.15) is 0 Å². The summed E-state index contributed by atoms with van der Waals surface area (Å²) in [7, 11) is 0. The van der Waals surface area contributed by atoms with Crippen LogP contribution in [-0.2, 0) is 16.1 Å². The summed E-state index contributed by atoms with van der Waals surface area (Å²) in [6, 6.07) is 12.9. The van der Waals surface area contributed by atoms with Gasteiger partial charge in [-0.15, -0.1) is 0 Å². The number of rotatable bonds is 9. The molecule has 0 radical (unpaired) electrons. The number of aromatic nitrogens is 1. The van der Waals surface area contributed by atoms with E-state index in [0.717, 1.165) is 12.0 Å². The lowest BCUT2D eigenvalue weighted by molar-refractivity contribution is -0.140. The molecule has 36 heavy (non-hydrogen) atoms. The summed E-state index contributed by atoms with van der Waals surface area (Å²) in [5.41, 5.74) is 1.49. The molecule has 186 valence electrons. The zero-order chi connectivity index (χ0) is 25.7. The number of aliphatic hydroxyl groups is 1. The van der Waals surface area contributed by atoms with Gasteiger partial charge >= 0.3 is 0 Å². The number of carbonyl (C=O) groups excluding carboxylic acids is 2. The van der Waals surface area contributed by atoms with Gasteiger partial charge in [0.05, 0.1) is 24.8 Å². The second kappa shape index (κ2) is 11.0. The highest BCUT2D eigenvalue weighted by atomic mass is 19.1. The van der Waals surface area contributed by atoms with Crippen molar-refractivity contribution in [3.05, 3.63) is 95.1 Å². The lowest BCUT2D eigenvalue weighted by atomic mass is 9.94. The SMILES string of the molecule is CCCOc1ccc(C2C(=C(O)c3ccc(F)cc3)C(=O)C(=O)N2Cc2ccncc2)cc1OCC. The highest BCUT2D eigenvalue weighted by Gasteiger charge is 2.46. The molecule has 3 aromatic rings. The third-order valence-electron chi connectivity index (χ3n) is 5.80. The summed E-state index contributed by atoms with van der Waals surface area (Å²) in [6.07, 6.45) is 4.02. The Morgan fingerprint density at radius 3 is 2.39 bits per heavy atom. The zero-order valence-electron chi connectivity index (χ0n) is 20.1. The van der Waals surface area contributed by atoms with Gasteiger partial charge in [0.1, 0.15) is 11.6 Å². The number of ether oxygens (including phenoxy) is 2. The van der Waals surface area contributed by atoms with Gasteiger partial charge in [0.2, 0.25) is 0 Å². The summed E-state index contributed by atoms with van der Waals surface area (Å²) < 4.78 is 25.1. The van der Waals surface area contributed by atoms with Crippen LogP contribution in [0, 0.1) is 5.82 Å². The summed E-state index contributed by atoms with van der Waals surface area (Å²) in [5, 5.41) is 11.1. The number of halogens is 1. The van der Waals surface area contributed by atoms with Gasteiger partial charge in [-0.05, 0) is 73.0 Å². The minimum Gasteiger partial charge on any atom is -0.507 e. The van der Waals surface area contributed by atoms with E-state index in [9.17, 15) is 19.1 Å². The van der Waals surface area contributed by atoms with Gasteiger partial charge in [-0.3, -0.25) is 14.6 Å². The summed E-state index contributed by atoms with van der Waals surface area (Å²) in [6.45, 7) is 4.86. The molecule has 4 rings (SSSR count). The van der Waals surface area contributed by atoms with Gasteiger partial charge in [0, 0.05) is 24.5 Å². The topological polar surface area (TPSA) is 89.0 Å². The van der Waals surface area contributed by atoms with Crippen molar-refractivity contribution >= 4 is 17.4 Å². The Labute approximate surface area is 208 Å². The summed E-state index contributed by atoms with van der Waals surface area (Å²) in [4.78, 5) is 31.9. The Morgan fingerprint density at radius 2 is 1.72 bits per heavy atom. The van der Waals surface area contributed by atoms with Crippen molar-refractivity contribution < 1.29 is 28.6 Å². The van der Waals surface area contributed by atoms with Crippen molar-refractivity contribution in [3.63, 3.8) is 0 Å². The Kier molecular flexibility index (Phi) is 7.63. The van der Waals surface area contributed by atoms with Crippen molar-refractivity contribution in [2.45, 2.75) is 32.9 Å². The van der Waals surface area contributed by atoms with Crippen molar-refractivity contribution in [2.75, 3.05) is 13.2 Å². The van der Waals surface area contributed by atoms with Crippen LogP contribution in [-0.4, -0.2) is 39.9 Å². The lowest BCUT2D eigenvalue weighted by Gasteiger charge is -2.26. The number of aliphatic hydroxyl groups excluding tert-OH is 1. The summed E-state index contributed by atoms with van der Waals surface area (Å²) in [5.74, 6) is -1.40. The molecule has 2 heterocycles. The number of benzene rings is 2. The predicted octanol–water partition coefficient (Wildman–Crippen LogP) is 5.03. The van der Waals surface area contributed by atoms with Gasteiger partial charge in [0.15, 0.2) is 11.5 Å². The average molecular weight is 491 g/mol. The third kappa shape index (κ3) is 5.07. The number of pyridine rings is 1. The molecule has 1 aliphatic rings. The van der Waals surface area contributed by atoms with Crippen LogP contribution in [0.1, 0.15) is 43.0 Å². The fraction of sp³-hybridized carbons (Fsp3) is 0.250. The molecule has 1 atom stereocenters. The molecule has 1 unspecified atom stereocenters. The maximum Gasteiger partial charge on any atom is 0.295 e. The molecular weight excluding hydrogens is 463 g/mol. The molecule has 1 amide bonds. The standard InChI is InChI=1S/C28H27FN2O5/c1-3-15-36-22-10-7-20(16-23(22)35-4-2)25-24(26(32)19-5-8-21(29)9-6-19)27(33)28(34)31(25)17-18-11-13-30-14-12-18/h5-14,16,25,32H,3-4,15,17H2,1-2H3. The zero-order valence-corrected chi connectivity index (χ0v) is 20.1. The molecule has 0 spiro atoms. The molecule has 1 aliphatic heterocycles. The minimum atomic E-state index is -0.900. The van der Waals surface area contributed by atoms with E-state index in [1.165, 1.54) is 29.2 Å². The van der Waals surface area contributed by atoms with Gasteiger partial charge < -0.3 is 19.5 Å². The first-order valence-corrected chi connectivity index (χ1v) is 11.8. The number of amides is 1. The molecule has 2 aromatic carbocycles.